The second-order valence-electron chi connectivity index (χ2n) is 10.1. The molecular formula is C28H25F5N2O4S. The maximum absolute atomic E-state index is 14.5. The van der Waals surface area contributed by atoms with Crippen LogP contribution in [0.5, 0.6) is 5.75 Å². The van der Waals surface area contributed by atoms with E-state index in [2.05, 4.69) is 5.32 Å². The highest BCUT2D eigenvalue weighted by molar-refractivity contribution is 7.92. The van der Waals surface area contributed by atoms with Crippen LogP contribution >= 0.6 is 0 Å². The van der Waals surface area contributed by atoms with Crippen LogP contribution in [-0.2, 0) is 21.0 Å². The van der Waals surface area contributed by atoms with Gasteiger partial charge in [-0.2, -0.15) is 13.2 Å². The number of fused-ring (bicyclic) bond motifs is 1. The zero-order chi connectivity index (χ0) is 28.8. The van der Waals surface area contributed by atoms with Crippen molar-refractivity contribution >= 4 is 21.6 Å². The Morgan fingerprint density at radius 3 is 2.50 bits per heavy atom. The van der Waals surface area contributed by atoms with Crippen LogP contribution in [0.15, 0.2) is 65.6 Å². The first-order chi connectivity index (χ1) is 18.8. The monoisotopic (exact) mass is 580 g/mol. The summed E-state index contributed by atoms with van der Waals surface area (Å²) in [4.78, 5) is 10.7. The average molecular weight is 581 g/mol. The standard InChI is InChI=1S/C28H25F5N2O4S/c1-16(36)34-14-17-9-19(10-17)27-15-35(40(37,38)22-4-2-3-20(12-22)28(31,32)33)25-11-18(5-8-26(25)39-27)23-13-21(29)6-7-24(23)30/h2-8,11-13,17,19,27H,9-10,14-15H2,1H3,(H,34,36)/t17?,19?,27-/m1/s1. The van der Waals surface area contributed by atoms with Gasteiger partial charge in [0.2, 0.25) is 5.91 Å². The first-order valence-corrected chi connectivity index (χ1v) is 14.0. The zero-order valence-electron chi connectivity index (χ0n) is 21.2. The number of alkyl halides is 3. The molecule has 5 rings (SSSR count). The van der Waals surface area contributed by atoms with Crippen molar-refractivity contribution in [2.45, 2.75) is 36.9 Å². The quantitative estimate of drug-likeness (QED) is 0.376. The van der Waals surface area contributed by atoms with Gasteiger partial charge in [-0.15, -0.1) is 0 Å². The topological polar surface area (TPSA) is 75.7 Å². The Kier molecular flexibility index (Phi) is 7.24. The van der Waals surface area contributed by atoms with E-state index in [1.54, 1.807) is 0 Å². The molecule has 3 aromatic rings. The van der Waals surface area contributed by atoms with Gasteiger partial charge in [0.15, 0.2) is 0 Å². The number of hydrogen-bond acceptors (Lipinski definition) is 4. The number of benzene rings is 3. The van der Waals surface area contributed by atoms with Crippen LogP contribution in [0.3, 0.4) is 0 Å². The Morgan fingerprint density at radius 2 is 1.80 bits per heavy atom. The van der Waals surface area contributed by atoms with Crippen molar-refractivity contribution in [3.63, 3.8) is 0 Å². The summed E-state index contributed by atoms with van der Waals surface area (Å²) >= 11 is 0. The van der Waals surface area contributed by atoms with Crippen LogP contribution in [0.2, 0.25) is 0 Å². The molecular weight excluding hydrogens is 555 g/mol. The lowest BCUT2D eigenvalue weighted by Crippen LogP contribution is -2.50. The van der Waals surface area contributed by atoms with E-state index in [9.17, 15) is 35.2 Å². The predicted octanol–water partition coefficient (Wildman–Crippen LogP) is 5.77. The summed E-state index contributed by atoms with van der Waals surface area (Å²) in [6, 6.07) is 10.6. The fourth-order valence-corrected chi connectivity index (χ4v) is 6.66. The number of carbonyl (C=O) groups is 1. The van der Waals surface area contributed by atoms with Gasteiger partial charge in [-0.05, 0) is 78.8 Å². The number of hydrogen-bond donors (Lipinski definition) is 1. The van der Waals surface area contributed by atoms with Crippen LogP contribution in [0.1, 0.15) is 25.3 Å². The van der Waals surface area contributed by atoms with Crippen LogP contribution < -0.4 is 14.4 Å². The Morgan fingerprint density at radius 1 is 1.05 bits per heavy atom. The van der Waals surface area contributed by atoms with Crippen molar-refractivity contribution in [3.8, 4) is 16.9 Å². The van der Waals surface area contributed by atoms with E-state index in [1.165, 1.54) is 25.1 Å². The Balaban J connectivity index is 1.53. The van der Waals surface area contributed by atoms with Crippen molar-refractivity contribution in [3.05, 3.63) is 77.9 Å². The van der Waals surface area contributed by atoms with Gasteiger partial charge in [0, 0.05) is 19.0 Å². The minimum Gasteiger partial charge on any atom is -0.486 e. The number of amides is 1. The third-order valence-electron chi connectivity index (χ3n) is 7.28. The second kappa shape index (κ2) is 10.4. The van der Waals surface area contributed by atoms with E-state index >= 15 is 0 Å². The number of halogens is 5. The van der Waals surface area contributed by atoms with Gasteiger partial charge in [0.1, 0.15) is 23.5 Å². The van der Waals surface area contributed by atoms with Gasteiger partial charge >= 0.3 is 6.18 Å². The van der Waals surface area contributed by atoms with Gasteiger partial charge < -0.3 is 10.1 Å². The SMILES string of the molecule is CC(=O)NCC1CC([C@H]2CN(S(=O)(=O)c3cccc(C(F)(F)F)c3)c3cc(-c4cc(F)ccc4F)ccc3O2)C1. The summed E-state index contributed by atoms with van der Waals surface area (Å²) in [7, 11) is -4.53. The molecule has 1 aliphatic carbocycles. The summed E-state index contributed by atoms with van der Waals surface area (Å²) in [5.74, 6) is -1.31. The molecule has 0 spiro atoms. The molecule has 0 unspecified atom stereocenters. The van der Waals surface area contributed by atoms with Gasteiger partial charge in [-0.3, -0.25) is 9.10 Å². The molecule has 1 saturated carbocycles. The third kappa shape index (κ3) is 5.49. The van der Waals surface area contributed by atoms with Gasteiger partial charge in [-0.25, -0.2) is 17.2 Å². The number of nitrogens with one attached hydrogen (secondary N) is 1. The van der Waals surface area contributed by atoms with Crippen LogP contribution in [0.4, 0.5) is 27.6 Å². The number of ether oxygens (including phenoxy) is 1. The molecule has 12 heteroatoms. The largest absolute Gasteiger partial charge is 0.486 e. The molecule has 0 saturated heterocycles. The fourth-order valence-electron chi connectivity index (χ4n) is 5.14. The molecule has 212 valence electrons. The van der Waals surface area contributed by atoms with Gasteiger partial charge in [0.05, 0.1) is 22.7 Å². The highest BCUT2D eigenvalue weighted by Crippen LogP contribution is 2.45. The Bertz CT molecular complexity index is 1550. The van der Waals surface area contributed by atoms with Crippen molar-refractivity contribution in [2.24, 2.45) is 11.8 Å². The number of nitrogens with zero attached hydrogens (tertiary/aromatic N) is 1. The first kappa shape index (κ1) is 27.9. The summed E-state index contributed by atoms with van der Waals surface area (Å²) in [5.41, 5.74) is -1.06. The lowest BCUT2D eigenvalue weighted by atomic mass is 9.71. The molecule has 2 aliphatic rings. The first-order valence-electron chi connectivity index (χ1n) is 12.5. The van der Waals surface area contributed by atoms with E-state index in [1.807, 2.05) is 0 Å². The van der Waals surface area contributed by atoms with Crippen molar-refractivity contribution < 1.29 is 39.9 Å². The fraction of sp³-hybridized carbons (Fsp3) is 0.321. The highest BCUT2D eigenvalue weighted by Gasteiger charge is 2.43. The molecule has 1 aliphatic heterocycles. The van der Waals surface area contributed by atoms with E-state index in [0.717, 1.165) is 40.7 Å². The lowest BCUT2D eigenvalue weighted by molar-refractivity contribution is -0.137. The number of anilines is 1. The third-order valence-corrected chi connectivity index (χ3v) is 9.05. The maximum Gasteiger partial charge on any atom is 0.416 e. The van der Waals surface area contributed by atoms with Crippen molar-refractivity contribution in [1.82, 2.24) is 5.32 Å². The molecule has 40 heavy (non-hydrogen) atoms. The Labute approximate surface area is 227 Å². The molecule has 1 N–H and O–H groups in total. The molecule has 0 radical (unpaired) electrons. The lowest BCUT2D eigenvalue weighted by Gasteiger charge is -2.45. The molecule has 0 bridgehead atoms. The van der Waals surface area contributed by atoms with Crippen LogP contribution in [-0.4, -0.2) is 33.5 Å². The summed E-state index contributed by atoms with van der Waals surface area (Å²) in [6.07, 6.45) is -4.05. The van der Waals surface area contributed by atoms with Crippen LogP contribution in [0, 0.1) is 23.5 Å². The second-order valence-corrected chi connectivity index (χ2v) is 11.9. The van der Waals surface area contributed by atoms with Crippen LogP contribution in [0.25, 0.3) is 11.1 Å². The maximum atomic E-state index is 14.5. The van der Waals surface area contributed by atoms with Gasteiger partial charge in [-0.1, -0.05) is 12.1 Å². The summed E-state index contributed by atoms with van der Waals surface area (Å²) < 4.78 is 103. The molecule has 1 amide bonds. The smallest absolute Gasteiger partial charge is 0.416 e. The normalized spacial score (nSPS) is 20.8. The van der Waals surface area contributed by atoms with Crippen molar-refractivity contribution in [1.29, 1.82) is 0 Å². The van der Waals surface area contributed by atoms with Crippen molar-refractivity contribution in [2.75, 3.05) is 17.4 Å². The number of rotatable bonds is 6. The van der Waals surface area contributed by atoms with E-state index < -0.39 is 44.4 Å². The van der Waals surface area contributed by atoms with E-state index in [-0.39, 0.29) is 46.9 Å². The highest BCUT2D eigenvalue weighted by atomic mass is 32.2. The summed E-state index contributed by atoms with van der Waals surface area (Å²) in [6.45, 7) is 1.69. The van der Waals surface area contributed by atoms with E-state index in [0.29, 0.717) is 25.5 Å². The average Bonchev–Trinajstić information content (AvgIpc) is 2.87. The Hall–Kier alpha value is -3.67. The molecule has 1 atom stereocenters. The minimum atomic E-state index is -4.76. The number of carbonyl (C=O) groups excluding carboxylic acids is 1. The molecule has 1 fully saturated rings. The van der Waals surface area contributed by atoms with Gasteiger partial charge in [0.25, 0.3) is 10.0 Å². The zero-order valence-corrected chi connectivity index (χ0v) is 22.0. The molecule has 1 heterocycles. The summed E-state index contributed by atoms with van der Waals surface area (Å²) in [5, 5.41) is 2.75. The number of sulfonamides is 1. The minimum absolute atomic E-state index is 0.00365. The molecule has 0 aromatic heterocycles. The molecule has 6 nitrogen and oxygen atoms in total. The van der Waals surface area contributed by atoms with E-state index in [4.69, 9.17) is 4.74 Å². The molecule has 3 aromatic carbocycles. The predicted molar refractivity (Wildman–Crippen MR) is 137 cm³/mol.